The van der Waals surface area contributed by atoms with Gasteiger partial charge in [-0.15, -0.1) is 0 Å². The van der Waals surface area contributed by atoms with E-state index in [0.29, 0.717) is 12.2 Å². The van der Waals surface area contributed by atoms with Crippen LogP contribution in [-0.2, 0) is 6.61 Å². The summed E-state index contributed by atoms with van der Waals surface area (Å²) in [5.74, 6) is 0.884. The molecular formula is C17H17BrO2. The van der Waals surface area contributed by atoms with E-state index in [0.717, 1.165) is 17.7 Å². The first kappa shape index (κ1) is 14.8. The summed E-state index contributed by atoms with van der Waals surface area (Å²) in [7, 11) is 0. The second-order valence-electron chi connectivity index (χ2n) is 4.54. The summed E-state index contributed by atoms with van der Waals surface area (Å²) in [6.45, 7) is 2.51. The number of hydrogen-bond acceptors (Lipinski definition) is 2. The quantitative estimate of drug-likeness (QED) is 0.569. The lowest BCUT2D eigenvalue weighted by Crippen LogP contribution is -2.12. The van der Waals surface area contributed by atoms with Gasteiger partial charge in [0, 0.05) is 5.56 Å². The Morgan fingerprint density at radius 3 is 2.35 bits per heavy atom. The van der Waals surface area contributed by atoms with Crippen molar-refractivity contribution in [3.63, 3.8) is 0 Å². The van der Waals surface area contributed by atoms with Gasteiger partial charge in [-0.2, -0.15) is 0 Å². The molecule has 0 amide bonds. The fraction of sp³-hybridized carbons (Fsp3) is 0.235. The SMILES string of the molecule is CCC(Br)C(=O)c1ccc(OCc2ccccc2)cc1. The molecule has 0 spiro atoms. The minimum Gasteiger partial charge on any atom is -0.489 e. The molecule has 2 aromatic rings. The molecule has 0 saturated carbocycles. The minimum atomic E-state index is -0.112. The van der Waals surface area contributed by atoms with Gasteiger partial charge in [0.05, 0.1) is 4.83 Å². The predicted molar refractivity (Wildman–Crippen MR) is 84.6 cm³/mol. The highest BCUT2D eigenvalue weighted by Crippen LogP contribution is 2.18. The number of hydrogen-bond donors (Lipinski definition) is 0. The van der Waals surface area contributed by atoms with Crippen molar-refractivity contribution >= 4 is 21.7 Å². The molecule has 0 aliphatic heterocycles. The number of ketones is 1. The van der Waals surface area contributed by atoms with Gasteiger partial charge in [-0.3, -0.25) is 4.79 Å². The number of carbonyl (C=O) groups is 1. The first-order valence-corrected chi connectivity index (χ1v) is 7.57. The molecule has 0 radical (unpaired) electrons. The number of ether oxygens (including phenoxy) is 1. The summed E-state index contributed by atoms with van der Waals surface area (Å²) in [4.78, 5) is 11.9. The van der Waals surface area contributed by atoms with E-state index in [1.807, 2.05) is 61.5 Å². The van der Waals surface area contributed by atoms with E-state index in [4.69, 9.17) is 4.74 Å². The standard InChI is InChI=1S/C17H17BrO2/c1-2-16(18)17(19)14-8-10-15(11-9-14)20-12-13-6-4-3-5-7-13/h3-11,16H,2,12H2,1H3. The molecule has 2 nitrogen and oxygen atoms in total. The van der Waals surface area contributed by atoms with Crippen molar-refractivity contribution in [2.45, 2.75) is 24.8 Å². The van der Waals surface area contributed by atoms with Crippen LogP contribution in [0.2, 0.25) is 0 Å². The minimum absolute atomic E-state index is 0.112. The molecule has 0 aromatic heterocycles. The topological polar surface area (TPSA) is 26.3 Å². The Morgan fingerprint density at radius 1 is 1.10 bits per heavy atom. The molecule has 1 unspecified atom stereocenters. The monoisotopic (exact) mass is 332 g/mol. The van der Waals surface area contributed by atoms with Gasteiger partial charge in [0.1, 0.15) is 12.4 Å². The Labute approximate surface area is 127 Å². The van der Waals surface area contributed by atoms with Crippen LogP contribution in [-0.4, -0.2) is 10.6 Å². The molecular weight excluding hydrogens is 316 g/mol. The Hall–Kier alpha value is -1.61. The van der Waals surface area contributed by atoms with E-state index < -0.39 is 0 Å². The van der Waals surface area contributed by atoms with Gasteiger partial charge in [0.2, 0.25) is 0 Å². The fourth-order valence-corrected chi connectivity index (χ4v) is 2.09. The molecule has 2 aromatic carbocycles. The Kier molecular flexibility index (Phi) is 5.36. The summed E-state index contributed by atoms with van der Waals surface area (Å²) >= 11 is 3.38. The van der Waals surface area contributed by atoms with E-state index in [1.54, 1.807) is 0 Å². The largest absolute Gasteiger partial charge is 0.489 e. The lowest BCUT2D eigenvalue weighted by atomic mass is 10.1. The van der Waals surface area contributed by atoms with E-state index in [-0.39, 0.29) is 10.6 Å². The molecule has 0 aliphatic rings. The van der Waals surface area contributed by atoms with E-state index in [1.165, 1.54) is 0 Å². The van der Waals surface area contributed by atoms with Crippen LogP contribution in [0, 0.1) is 0 Å². The third-order valence-corrected chi connectivity index (χ3v) is 4.09. The molecule has 104 valence electrons. The van der Waals surface area contributed by atoms with Crippen LogP contribution >= 0.6 is 15.9 Å². The van der Waals surface area contributed by atoms with Crippen molar-refractivity contribution in [3.8, 4) is 5.75 Å². The number of alkyl halides is 1. The zero-order chi connectivity index (χ0) is 14.4. The highest BCUT2D eigenvalue weighted by molar-refractivity contribution is 9.10. The number of benzene rings is 2. The highest BCUT2D eigenvalue weighted by atomic mass is 79.9. The summed E-state index contributed by atoms with van der Waals surface area (Å²) < 4.78 is 5.69. The van der Waals surface area contributed by atoms with Gasteiger partial charge in [0.15, 0.2) is 5.78 Å². The van der Waals surface area contributed by atoms with Crippen LogP contribution < -0.4 is 4.74 Å². The van der Waals surface area contributed by atoms with Crippen LogP contribution in [0.25, 0.3) is 0 Å². The first-order chi connectivity index (χ1) is 9.70. The summed E-state index contributed by atoms with van der Waals surface area (Å²) in [6.07, 6.45) is 0.783. The van der Waals surface area contributed by atoms with E-state index in [9.17, 15) is 4.79 Å². The van der Waals surface area contributed by atoms with Gasteiger partial charge < -0.3 is 4.74 Å². The molecule has 0 heterocycles. The molecule has 2 rings (SSSR count). The summed E-state index contributed by atoms with van der Waals surface area (Å²) in [5, 5.41) is 0. The van der Waals surface area contributed by atoms with Gasteiger partial charge in [-0.25, -0.2) is 0 Å². The van der Waals surface area contributed by atoms with Crippen molar-refractivity contribution < 1.29 is 9.53 Å². The van der Waals surface area contributed by atoms with Crippen LogP contribution in [0.4, 0.5) is 0 Å². The zero-order valence-corrected chi connectivity index (χ0v) is 13.0. The highest BCUT2D eigenvalue weighted by Gasteiger charge is 2.14. The Bertz CT molecular complexity index is 549. The van der Waals surface area contributed by atoms with Crippen molar-refractivity contribution in [2.24, 2.45) is 0 Å². The lowest BCUT2D eigenvalue weighted by Gasteiger charge is -2.08. The maximum Gasteiger partial charge on any atom is 0.176 e. The number of rotatable bonds is 6. The number of carbonyl (C=O) groups excluding carboxylic acids is 1. The van der Waals surface area contributed by atoms with Crippen molar-refractivity contribution in [3.05, 3.63) is 65.7 Å². The molecule has 0 aliphatic carbocycles. The summed E-state index contributed by atoms with van der Waals surface area (Å²) in [6, 6.07) is 17.3. The predicted octanol–water partition coefficient (Wildman–Crippen LogP) is 4.62. The van der Waals surface area contributed by atoms with Crippen molar-refractivity contribution in [1.82, 2.24) is 0 Å². The van der Waals surface area contributed by atoms with Crippen LogP contribution in [0.3, 0.4) is 0 Å². The lowest BCUT2D eigenvalue weighted by molar-refractivity contribution is 0.0990. The van der Waals surface area contributed by atoms with Gasteiger partial charge in [-0.1, -0.05) is 53.2 Å². The summed E-state index contributed by atoms with van der Waals surface area (Å²) in [5.41, 5.74) is 1.83. The smallest absolute Gasteiger partial charge is 0.176 e. The van der Waals surface area contributed by atoms with Crippen LogP contribution in [0.1, 0.15) is 29.3 Å². The second kappa shape index (κ2) is 7.25. The molecule has 1 atom stereocenters. The third kappa shape index (κ3) is 3.94. The first-order valence-electron chi connectivity index (χ1n) is 6.65. The molecule has 0 fully saturated rings. The molecule has 0 saturated heterocycles. The maximum absolute atomic E-state index is 12.0. The molecule has 20 heavy (non-hydrogen) atoms. The van der Waals surface area contributed by atoms with E-state index >= 15 is 0 Å². The molecule has 0 N–H and O–H groups in total. The van der Waals surface area contributed by atoms with Crippen molar-refractivity contribution in [1.29, 1.82) is 0 Å². The third-order valence-electron chi connectivity index (χ3n) is 3.03. The van der Waals surface area contributed by atoms with Gasteiger partial charge >= 0.3 is 0 Å². The Morgan fingerprint density at radius 2 is 1.75 bits per heavy atom. The second-order valence-corrected chi connectivity index (χ2v) is 5.64. The average molecular weight is 333 g/mol. The molecule has 3 heteroatoms. The van der Waals surface area contributed by atoms with Gasteiger partial charge in [-0.05, 0) is 36.2 Å². The maximum atomic E-state index is 12.0. The number of halogens is 1. The van der Waals surface area contributed by atoms with Gasteiger partial charge in [0.25, 0.3) is 0 Å². The fourth-order valence-electron chi connectivity index (χ4n) is 1.82. The Balaban J connectivity index is 1.96. The van der Waals surface area contributed by atoms with Crippen LogP contribution in [0.5, 0.6) is 5.75 Å². The number of Topliss-reactive ketones (excluding diaryl/α,β-unsaturated/α-hetero) is 1. The normalized spacial score (nSPS) is 11.9. The van der Waals surface area contributed by atoms with Crippen molar-refractivity contribution in [2.75, 3.05) is 0 Å². The van der Waals surface area contributed by atoms with E-state index in [2.05, 4.69) is 15.9 Å². The molecule has 0 bridgehead atoms. The zero-order valence-electron chi connectivity index (χ0n) is 11.4. The average Bonchev–Trinajstić information content (AvgIpc) is 2.53. The van der Waals surface area contributed by atoms with Crippen LogP contribution in [0.15, 0.2) is 54.6 Å².